The van der Waals surface area contributed by atoms with Gasteiger partial charge in [0.05, 0.1) is 5.69 Å². The molecule has 2 aromatic carbocycles. The molecule has 2 N–H and O–H groups in total. The number of carbonyl (C=O) groups is 1. The van der Waals surface area contributed by atoms with Gasteiger partial charge in [0.15, 0.2) is 0 Å². The van der Waals surface area contributed by atoms with Crippen LogP contribution in [0.25, 0.3) is 0 Å². The van der Waals surface area contributed by atoms with Gasteiger partial charge in [-0.25, -0.2) is 9.18 Å². The van der Waals surface area contributed by atoms with E-state index < -0.39 is 11.8 Å². The van der Waals surface area contributed by atoms with Gasteiger partial charge in [-0.2, -0.15) is 0 Å². The molecule has 0 bridgehead atoms. The third kappa shape index (κ3) is 3.48. The SMILES string of the molecule is Cc1ccc(NC(=O)Nc2ccc(C)c(Cl)c2)c(F)c1. The van der Waals surface area contributed by atoms with Gasteiger partial charge in [-0.1, -0.05) is 23.7 Å². The minimum atomic E-state index is -0.521. The number of amides is 2. The predicted molar refractivity (Wildman–Crippen MR) is 80.0 cm³/mol. The lowest BCUT2D eigenvalue weighted by molar-refractivity contribution is 0.262. The Morgan fingerprint density at radius 1 is 1.10 bits per heavy atom. The van der Waals surface area contributed by atoms with E-state index in [1.165, 1.54) is 12.1 Å². The fraction of sp³-hybridized carbons (Fsp3) is 0.133. The third-order valence-corrected chi connectivity index (χ3v) is 3.21. The Kier molecular flexibility index (Phi) is 4.25. The highest BCUT2D eigenvalue weighted by molar-refractivity contribution is 6.31. The first kappa shape index (κ1) is 14.3. The summed E-state index contributed by atoms with van der Waals surface area (Å²) in [6, 6.07) is 9.25. The Bertz CT molecular complexity index is 658. The van der Waals surface area contributed by atoms with Gasteiger partial charge in [-0.3, -0.25) is 0 Å². The molecule has 0 aliphatic heterocycles. The molecule has 0 aromatic heterocycles. The maximum absolute atomic E-state index is 13.6. The summed E-state index contributed by atoms with van der Waals surface area (Å²) in [4.78, 5) is 11.8. The molecule has 2 amide bonds. The van der Waals surface area contributed by atoms with Crippen LogP contribution in [0.15, 0.2) is 36.4 Å². The molecule has 0 unspecified atom stereocenters. The van der Waals surface area contributed by atoms with Gasteiger partial charge in [0.25, 0.3) is 0 Å². The van der Waals surface area contributed by atoms with E-state index in [9.17, 15) is 9.18 Å². The molecule has 3 nitrogen and oxygen atoms in total. The minimum absolute atomic E-state index is 0.131. The Morgan fingerprint density at radius 2 is 1.85 bits per heavy atom. The second-order valence-corrected chi connectivity index (χ2v) is 4.93. The van der Waals surface area contributed by atoms with Crippen molar-refractivity contribution in [2.75, 3.05) is 10.6 Å². The number of carbonyl (C=O) groups excluding carboxylic acids is 1. The zero-order chi connectivity index (χ0) is 14.7. The smallest absolute Gasteiger partial charge is 0.308 e. The van der Waals surface area contributed by atoms with E-state index >= 15 is 0 Å². The molecule has 20 heavy (non-hydrogen) atoms. The molecule has 0 saturated heterocycles. The van der Waals surface area contributed by atoms with Crippen molar-refractivity contribution in [3.8, 4) is 0 Å². The van der Waals surface area contributed by atoms with Crippen molar-refractivity contribution < 1.29 is 9.18 Å². The molecule has 5 heteroatoms. The van der Waals surface area contributed by atoms with Crippen molar-refractivity contribution in [3.63, 3.8) is 0 Å². The Hall–Kier alpha value is -2.07. The van der Waals surface area contributed by atoms with E-state index in [2.05, 4.69) is 10.6 Å². The molecule has 2 rings (SSSR count). The largest absolute Gasteiger partial charge is 0.323 e. The Balaban J connectivity index is 2.07. The summed E-state index contributed by atoms with van der Waals surface area (Å²) in [5.41, 5.74) is 2.39. The van der Waals surface area contributed by atoms with E-state index in [-0.39, 0.29) is 5.69 Å². The summed E-state index contributed by atoms with van der Waals surface area (Å²) < 4.78 is 13.6. The topological polar surface area (TPSA) is 41.1 Å². The van der Waals surface area contributed by atoms with E-state index in [4.69, 9.17) is 11.6 Å². The highest BCUT2D eigenvalue weighted by Crippen LogP contribution is 2.20. The van der Waals surface area contributed by atoms with Crippen molar-refractivity contribution in [1.29, 1.82) is 0 Å². The molecule has 2 aromatic rings. The summed E-state index contributed by atoms with van der Waals surface area (Å²) >= 11 is 5.97. The maximum Gasteiger partial charge on any atom is 0.323 e. The second kappa shape index (κ2) is 5.92. The normalized spacial score (nSPS) is 10.2. The summed E-state index contributed by atoms with van der Waals surface area (Å²) in [6.45, 7) is 3.65. The number of halogens is 2. The minimum Gasteiger partial charge on any atom is -0.308 e. The van der Waals surface area contributed by atoms with Crippen molar-refractivity contribution in [2.24, 2.45) is 0 Å². The van der Waals surface area contributed by atoms with Gasteiger partial charge in [-0.05, 0) is 49.2 Å². The van der Waals surface area contributed by atoms with Crippen LogP contribution in [0.4, 0.5) is 20.6 Å². The molecular formula is C15H14ClFN2O. The molecule has 0 aliphatic rings. The maximum atomic E-state index is 13.6. The van der Waals surface area contributed by atoms with Crippen LogP contribution < -0.4 is 10.6 Å². The average Bonchev–Trinajstić information content (AvgIpc) is 2.37. The number of aryl methyl sites for hydroxylation is 2. The molecule has 104 valence electrons. The lowest BCUT2D eigenvalue weighted by Crippen LogP contribution is -2.20. The zero-order valence-electron chi connectivity index (χ0n) is 11.1. The summed E-state index contributed by atoms with van der Waals surface area (Å²) in [5.74, 6) is -0.470. The lowest BCUT2D eigenvalue weighted by Gasteiger charge is -2.09. The number of rotatable bonds is 2. The number of benzene rings is 2. The van der Waals surface area contributed by atoms with Gasteiger partial charge < -0.3 is 10.6 Å². The van der Waals surface area contributed by atoms with Crippen molar-refractivity contribution in [3.05, 3.63) is 58.4 Å². The standard InChI is InChI=1S/C15H14ClFN2O/c1-9-3-6-14(13(17)7-9)19-15(20)18-11-5-4-10(2)12(16)8-11/h3-8H,1-2H3,(H2,18,19,20). The number of hydrogen-bond donors (Lipinski definition) is 2. The Labute approximate surface area is 121 Å². The van der Waals surface area contributed by atoms with Crippen LogP contribution >= 0.6 is 11.6 Å². The third-order valence-electron chi connectivity index (χ3n) is 2.80. The van der Waals surface area contributed by atoms with Crippen LogP contribution in [-0.2, 0) is 0 Å². The second-order valence-electron chi connectivity index (χ2n) is 4.53. The molecule has 0 heterocycles. The van der Waals surface area contributed by atoms with Gasteiger partial charge in [0, 0.05) is 10.7 Å². The van der Waals surface area contributed by atoms with E-state index in [1.54, 1.807) is 31.2 Å². The van der Waals surface area contributed by atoms with Gasteiger partial charge in [-0.15, -0.1) is 0 Å². The molecule has 0 saturated carbocycles. The first-order chi connectivity index (χ1) is 9.45. The fourth-order valence-corrected chi connectivity index (χ4v) is 1.86. The van der Waals surface area contributed by atoms with Crippen LogP contribution in [0.5, 0.6) is 0 Å². The number of nitrogens with one attached hydrogen (secondary N) is 2. The molecular weight excluding hydrogens is 279 g/mol. The lowest BCUT2D eigenvalue weighted by atomic mass is 10.2. The number of anilines is 2. The van der Waals surface area contributed by atoms with Crippen LogP contribution in [0.3, 0.4) is 0 Å². The quantitative estimate of drug-likeness (QED) is 0.824. The van der Waals surface area contributed by atoms with E-state index in [0.29, 0.717) is 10.7 Å². The van der Waals surface area contributed by atoms with Crippen LogP contribution in [0, 0.1) is 19.7 Å². The van der Waals surface area contributed by atoms with Gasteiger partial charge in [0.1, 0.15) is 5.82 Å². The summed E-state index contributed by atoms with van der Waals surface area (Å²) in [7, 11) is 0. The molecule has 0 radical (unpaired) electrons. The monoisotopic (exact) mass is 292 g/mol. The molecule has 0 atom stereocenters. The summed E-state index contributed by atoms with van der Waals surface area (Å²) in [5, 5.41) is 5.61. The highest BCUT2D eigenvalue weighted by atomic mass is 35.5. The zero-order valence-corrected chi connectivity index (χ0v) is 11.9. The fourth-order valence-electron chi connectivity index (χ4n) is 1.68. The van der Waals surface area contributed by atoms with Crippen LogP contribution in [-0.4, -0.2) is 6.03 Å². The first-order valence-corrected chi connectivity index (χ1v) is 6.44. The molecule has 0 spiro atoms. The van der Waals surface area contributed by atoms with E-state index in [0.717, 1.165) is 11.1 Å². The molecule has 0 fully saturated rings. The first-order valence-electron chi connectivity index (χ1n) is 6.06. The van der Waals surface area contributed by atoms with E-state index in [1.807, 2.05) is 6.92 Å². The van der Waals surface area contributed by atoms with Crippen LogP contribution in [0.2, 0.25) is 5.02 Å². The van der Waals surface area contributed by atoms with Gasteiger partial charge >= 0.3 is 6.03 Å². The Morgan fingerprint density at radius 3 is 2.50 bits per heavy atom. The molecule has 0 aliphatic carbocycles. The highest BCUT2D eigenvalue weighted by Gasteiger charge is 2.07. The van der Waals surface area contributed by atoms with Crippen molar-refractivity contribution >= 4 is 29.0 Å². The van der Waals surface area contributed by atoms with Crippen LogP contribution in [0.1, 0.15) is 11.1 Å². The number of hydrogen-bond acceptors (Lipinski definition) is 1. The predicted octanol–water partition coefficient (Wildman–Crippen LogP) is 4.74. The van der Waals surface area contributed by atoms with Crippen molar-refractivity contribution in [2.45, 2.75) is 13.8 Å². The van der Waals surface area contributed by atoms with Crippen molar-refractivity contribution in [1.82, 2.24) is 0 Å². The van der Waals surface area contributed by atoms with Gasteiger partial charge in [0.2, 0.25) is 0 Å². The number of urea groups is 1. The average molecular weight is 293 g/mol. The summed E-state index contributed by atoms with van der Waals surface area (Å²) in [6.07, 6.45) is 0.